The minimum absolute atomic E-state index is 0.419. The van der Waals surface area contributed by atoms with E-state index in [2.05, 4.69) is 39.1 Å². The highest BCUT2D eigenvalue weighted by atomic mass is 14.9. The van der Waals surface area contributed by atoms with Gasteiger partial charge in [0.05, 0.1) is 0 Å². The summed E-state index contributed by atoms with van der Waals surface area (Å²) in [6, 6.07) is 1.18. The monoisotopic (exact) mass is 398 g/mol. The second kappa shape index (κ2) is 7.37. The van der Waals surface area contributed by atoms with Gasteiger partial charge in [0, 0.05) is 12.1 Å². The van der Waals surface area contributed by atoms with E-state index in [1.54, 1.807) is 5.57 Å². The molecule has 0 spiro atoms. The van der Waals surface area contributed by atoms with Crippen LogP contribution in [0.5, 0.6) is 0 Å². The topological polar surface area (TPSA) is 38.0 Å². The van der Waals surface area contributed by atoms with Crippen LogP contribution in [-0.4, -0.2) is 18.6 Å². The van der Waals surface area contributed by atoms with E-state index < -0.39 is 0 Å². The summed E-state index contributed by atoms with van der Waals surface area (Å²) in [4.78, 5) is 0. The fraction of sp³-hybridized carbons (Fsp3) is 0.926. The van der Waals surface area contributed by atoms with Crippen molar-refractivity contribution in [3.05, 3.63) is 11.6 Å². The van der Waals surface area contributed by atoms with Crippen LogP contribution < -0.4 is 11.1 Å². The van der Waals surface area contributed by atoms with Gasteiger partial charge in [-0.2, -0.15) is 0 Å². The molecular weight excluding hydrogens is 352 g/mol. The number of hydrogen-bond acceptors (Lipinski definition) is 2. The maximum absolute atomic E-state index is 6.36. The van der Waals surface area contributed by atoms with Crippen molar-refractivity contribution < 1.29 is 0 Å². The Kier molecular flexibility index (Phi) is 5.22. The molecule has 2 heteroatoms. The summed E-state index contributed by atoms with van der Waals surface area (Å²) in [5.41, 5.74) is 9.14. The van der Waals surface area contributed by atoms with Gasteiger partial charge in [-0.15, -0.1) is 0 Å². The predicted octanol–water partition coefficient (Wildman–Crippen LogP) is 5.92. The van der Waals surface area contributed by atoms with Crippen LogP contribution in [-0.2, 0) is 0 Å². The van der Waals surface area contributed by atoms with Gasteiger partial charge in [0.25, 0.3) is 0 Å². The number of fused-ring (bicyclic) bond motifs is 5. The molecule has 2 nitrogen and oxygen atoms in total. The van der Waals surface area contributed by atoms with Gasteiger partial charge in [0.1, 0.15) is 0 Å². The van der Waals surface area contributed by atoms with Crippen molar-refractivity contribution in [2.24, 2.45) is 52.1 Å². The average Bonchev–Trinajstić information content (AvgIpc) is 3.06. The van der Waals surface area contributed by atoms with E-state index in [0.717, 1.165) is 41.5 Å². The third-order valence-electron chi connectivity index (χ3n) is 11.2. The highest BCUT2D eigenvalue weighted by molar-refractivity contribution is 5.25. The minimum Gasteiger partial charge on any atom is -0.327 e. The third-order valence-corrected chi connectivity index (χ3v) is 11.2. The Balaban J connectivity index is 1.36. The zero-order chi connectivity index (χ0) is 20.4. The van der Waals surface area contributed by atoms with Gasteiger partial charge in [0.2, 0.25) is 0 Å². The molecule has 0 radical (unpaired) electrons. The van der Waals surface area contributed by atoms with E-state index in [1.807, 2.05) is 0 Å². The molecule has 3 saturated carbocycles. The first-order chi connectivity index (χ1) is 13.8. The quantitative estimate of drug-likeness (QED) is 0.567. The normalized spacial score (nSPS) is 53.4. The summed E-state index contributed by atoms with van der Waals surface area (Å²) < 4.78 is 0. The number of nitrogens with one attached hydrogen (secondary N) is 1. The second-order valence-corrected chi connectivity index (χ2v) is 12.5. The van der Waals surface area contributed by atoms with Crippen LogP contribution in [0.3, 0.4) is 0 Å². The van der Waals surface area contributed by atoms with E-state index in [-0.39, 0.29) is 0 Å². The van der Waals surface area contributed by atoms with Gasteiger partial charge in [-0.25, -0.2) is 0 Å². The fourth-order valence-corrected chi connectivity index (χ4v) is 9.34. The van der Waals surface area contributed by atoms with Crippen LogP contribution in [0, 0.1) is 46.3 Å². The standard InChI is InChI=1S/C27H46N2/c1-17-5-10-25(29-16-17)18(2)22-8-9-23-21-7-6-19-15-20(28)11-13-26(19,3)24(21)12-14-27(22,23)4/h6,17-18,20-25,29H,5,7-16,28H2,1-4H3/t17-,18-,20-,21-,22+,23-,24-,25+,26-,27+/m0/s1. The Morgan fingerprint density at radius 3 is 2.62 bits per heavy atom. The van der Waals surface area contributed by atoms with Crippen molar-refractivity contribution in [3.8, 4) is 0 Å². The summed E-state index contributed by atoms with van der Waals surface area (Å²) in [5.74, 6) is 5.46. The van der Waals surface area contributed by atoms with Crippen LogP contribution in [0.25, 0.3) is 0 Å². The first-order valence-corrected chi connectivity index (χ1v) is 13.0. The van der Waals surface area contributed by atoms with Crippen LogP contribution in [0.4, 0.5) is 0 Å². The second-order valence-electron chi connectivity index (χ2n) is 12.5. The molecule has 10 atom stereocenters. The molecule has 1 saturated heterocycles. The Bertz CT molecular complexity index is 647. The van der Waals surface area contributed by atoms with Gasteiger partial charge >= 0.3 is 0 Å². The molecule has 4 aliphatic carbocycles. The Morgan fingerprint density at radius 1 is 1.03 bits per heavy atom. The smallest absolute Gasteiger partial charge is 0.00957 e. The van der Waals surface area contributed by atoms with Gasteiger partial charge < -0.3 is 11.1 Å². The summed E-state index contributed by atoms with van der Waals surface area (Å²) in [7, 11) is 0. The van der Waals surface area contributed by atoms with E-state index in [1.165, 1.54) is 70.8 Å². The molecule has 4 fully saturated rings. The molecule has 0 aromatic carbocycles. The van der Waals surface area contributed by atoms with Crippen molar-refractivity contribution in [1.29, 1.82) is 0 Å². The van der Waals surface area contributed by atoms with E-state index in [9.17, 15) is 0 Å². The van der Waals surface area contributed by atoms with E-state index in [0.29, 0.717) is 16.9 Å². The highest BCUT2D eigenvalue weighted by Gasteiger charge is 2.59. The lowest BCUT2D eigenvalue weighted by atomic mass is 9.46. The summed E-state index contributed by atoms with van der Waals surface area (Å²) in [6.07, 6.45) is 16.5. The molecule has 1 aliphatic heterocycles. The summed E-state index contributed by atoms with van der Waals surface area (Å²) >= 11 is 0. The zero-order valence-electron chi connectivity index (χ0n) is 19.6. The van der Waals surface area contributed by atoms with E-state index in [4.69, 9.17) is 5.73 Å². The Labute approximate surface area is 179 Å². The van der Waals surface area contributed by atoms with Crippen LogP contribution in [0.2, 0.25) is 0 Å². The Hall–Kier alpha value is -0.340. The van der Waals surface area contributed by atoms with Crippen molar-refractivity contribution in [2.75, 3.05) is 6.54 Å². The number of nitrogens with two attached hydrogens (primary N) is 1. The molecule has 0 aromatic heterocycles. The third kappa shape index (κ3) is 3.18. The van der Waals surface area contributed by atoms with Gasteiger partial charge in [-0.1, -0.05) is 39.3 Å². The highest BCUT2D eigenvalue weighted by Crippen LogP contribution is 2.67. The largest absolute Gasteiger partial charge is 0.327 e. The van der Waals surface area contributed by atoms with E-state index >= 15 is 0 Å². The minimum atomic E-state index is 0.419. The van der Waals surface area contributed by atoms with Gasteiger partial charge in [0.15, 0.2) is 0 Å². The molecule has 5 rings (SSSR count). The molecule has 0 bridgehead atoms. The fourth-order valence-electron chi connectivity index (χ4n) is 9.34. The zero-order valence-corrected chi connectivity index (χ0v) is 19.6. The SMILES string of the molecule is C[C@H]1CC[C@H]([C@@H](C)[C@H]2CC[C@H]3[C@@H]4CC=C5C[C@@H](N)CC[C@]5(C)[C@H]4CC[C@]23C)NC1. The molecule has 0 unspecified atom stereocenters. The number of piperidine rings is 1. The van der Waals surface area contributed by atoms with Crippen LogP contribution in [0.15, 0.2) is 11.6 Å². The summed E-state index contributed by atoms with van der Waals surface area (Å²) in [6.45, 7) is 11.6. The van der Waals surface area contributed by atoms with Gasteiger partial charge in [-0.3, -0.25) is 0 Å². The number of allylic oxidation sites excluding steroid dienone is 1. The van der Waals surface area contributed by atoms with Crippen molar-refractivity contribution in [1.82, 2.24) is 5.32 Å². The molecule has 1 heterocycles. The molecule has 29 heavy (non-hydrogen) atoms. The lowest BCUT2D eigenvalue weighted by Gasteiger charge is -2.58. The maximum Gasteiger partial charge on any atom is 0.00957 e. The molecular formula is C27H46N2. The van der Waals surface area contributed by atoms with Gasteiger partial charge in [-0.05, 0) is 117 Å². The first kappa shape index (κ1) is 20.6. The van der Waals surface area contributed by atoms with Crippen molar-refractivity contribution >= 4 is 0 Å². The molecule has 164 valence electrons. The molecule has 0 aromatic rings. The average molecular weight is 399 g/mol. The maximum atomic E-state index is 6.36. The first-order valence-electron chi connectivity index (χ1n) is 13.0. The van der Waals surface area contributed by atoms with Crippen molar-refractivity contribution in [3.63, 3.8) is 0 Å². The predicted molar refractivity (Wildman–Crippen MR) is 123 cm³/mol. The lowest BCUT2D eigenvalue weighted by molar-refractivity contribution is -0.0538. The number of hydrogen-bond donors (Lipinski definition) is 2. The molecule has 5 aliphatic rings. The summed E-state index contributed by atoms with van der Waals surface area (Å²) in [5, 5.41) is 3.94. The van der Waals surface area contributed by atoms with Crippen molar-refractivity contribution in [2.45, 2.75) is 104 Å². The van der Waals surface area contributed by atoms with Crippen LogP contribution in [0.1, 0.15) is 91.9 Å². The lowest BCUT2D eigenvalue weighted by Crippen LogP contribution is -2.52. The molecule has 3 N–H and O–H groups in total. The van der Waals surface area contributed by atoms with Crippen LogP contribution >= 0.6 is 0 Å². The molecule has 0 amide bonds. The number of rotatable bonds is 2. The Morgan fingerprint density at radius 2 is 1.86 bits per heavy atom.